The Morgan fingerprint density at radius 3 is 2.76 bits per heavy atom. The zero-order valence-electron chi connectivity index (χ0n) is 12.8. The van der Waals surface area contributed by atoms with Gasteiger partial charge >= 0.3 is 0 Å². The molecule has 2 rings (SSSR count). The molecule has 0 bridgehead atoms. The predicted molar refractivity (Wildman–Crippen MR) is 82.6 cm³/mol. The van der Waals surface area contributed by atoms with Gasteiger partial charge in [0.25, 0.3) is 0 Å². The monoisotopic (exact) mass is 292 g/mol. The van der Waals surface area contributed by atoms with Crippen molar-refractivity contribution >= 4 is 11.6 Å². The van der Waals surface area contributed by atoms with Crippen LogP contribution < -0.4 is 10.1 Å². The minimum absolute atomic E-state index is 0.0265. The number of carbonyl (C=O) groups is 1. The zero-order chi connectivity index (χ0) is 15.2. The first kappa shape index (κ1) is 15.8. The molecule has 2 N–H and O–H groups in total. The van der Waals surface area contributed by atoms with Crippen molar-refractivity contribution in [3.05, 3.63) is 23.8 Å². The van der Waals surface area contributed by atoms with Crippen molar-refractivity contribution in [2.75, 3.05) is 38.7 Å². The van der Waals surface area contributed by atoms with Crippen LogP contribution in [0.25, 0.3) is 0 Å². The molecule has 1 heterocycles. The number of aliphatic hydroxyl groups excluding tert-OH is 1. The van der Waals surface area contributed by atoms with E-state index >= 15 is 0 Å². The van der Waals surface area contributed by atoms with Gasteiger partial charge in [-0.1, -0.05) is 6.07 Å². The second kappa shape index (κ2) is 7.43. The van der Waals surface area contributed by atoms with Gasteiger partial charge in [-0.25, -0.2) is 0 Å². The molecule has 0 aromatic heterocycles. The molecule has 0 saturated carbocycles. The number of anilines is 1. The number of hydrogen-bond donors (Lipinski definition) is 2. The standard InChI is InChI=1S/C16H24N2O3/c1-12-3-4-15(21-2)14(9-12)17-16(20)10-18-7-5-13(11-19)6-8-18/h3-4,9,13,19H,5-8,10-11H2,1-2H3,(H,17,20). The summed E-state index contributed by atoms with van der Waals surface area (Å²) in [6, 6.07) is 5.72. The Bertz CT molecular complexity index is 482. The number of likely N-dealkylation sites (tertiary alicyclic amines) is 1. The van der Waals surface area contributed by atoms with Crippen molar-refractivity contribution in [1.82, 2.24) is 4.90 Å². The van der Waals surface area contributed by atoms with Crippen molar-refractivity contribution in [3.8, 4) is 5.75 Å². The van der Waals surface area contributed by atoms with Gasteiger partial charge in [-0.3, -0.25) is 9.69 Å². The molecule has 1 aromatic carbocycles. The van der Waals surface area contributed by atoms with Crippen molar-refractivity contribution in [2.24, 2.45) is 5.92 Å². The maximum atomic E-state index is 12.2. The maximum Gasteiger partial charge on any atom is 0.238 e. The Morgan fingerprint density at radius 1 is 1.43 bits per heavy atom. The van der Waals surface area contributed by atoms with Gasteiger partial charge in [-0.05, 0) is 56.5 Å². The molecular weight excluding hydrogens is 268 g/mol. The first-order chi connectivity index (χ1) is 10.1. The summed E-state index contributed by atoms with van der Waals surface area (Å²) in [5, 5.41) is 12.0. The highest BCUT2D eigenvalue weighted by atomic mass is 16.5. The van der Waals surface area contributed by atoms with E-state index in [4.69, 9.17) is 9.84 Å². The third kappa shape index (κ3) is 4.44. The highest BCUT2D eigenvalue weighted by Gasteiger charge is 2.20. The van der Waals surface area contributed by atoms with Crippen LogP contribution in [0.1, 0.15) is 18.4 Å². The molecule has 1 saturated heterocycles. The number of nitrogens with zero attached hydrogens (tertiary/aromatic N) is 1. The van der Waals surface area contributed by atoms with Gasteiger partial charge in [0, 0.05) is 6.61 Å². The highest BCUT2D eigenvalue weighted by molar-refractivity contribution is 5.93. The molecule has 1 fully saturated rings. The van der Waals surface area contributed by atoms with E-state index in [-0.39, 0.29) is 12.5 Å². The summed E-state index contributed by atoms with van der Waals surface area (Å²) < 4.78 is 5.26. The number of aryl methyl sites for hydroxylation is 1. The summed E-state index contributed by atoms with van der Waals surface area (Å²) in [5.74, 6) is 1.04. The van der Waals surface area contributed by atoms with Crippen LogP contribution in [0.2, 0.25) is 0 Å². The van der Waals surface area contributed by atoms with Crippen LogP contribution in [0.5, 0.6) is 5.75 Å². The molecule has 5 nitrogen and oxygen atoms in total. The lowest BCUT2D eigenvalue weighted by Gasteiger charge is -2.30. The normalized spacial score (nSPS) is 16.7. The quantitative estimate of drug-likeness (QED) is 0.866. The number of carbonyl (C=O) groups excluding carboxylic acids is 1. The fourth-order valence-corrected chi connectivity index (χ4v) is 2.64. The van der Waals surface area contributed by atoms with Crippen LogP contribution >= 0.6 is 0 Å². The predicted octanol–water partition coefficient (Wildman–Crippen LogP) is 1.65. The zero-order valence-corrected chi connectivity index (χ0v) is 12.8. The summed E-state index contributed by atoms with van der Waals surface area (Å²) in [5.41, 5.74) is 1.79. The van der Waals surface area contributed by atoms with Crippen LogP contribution in [0, 0.1) is 12.8 Å². The first-order valence-electron chi connectivity index (χ1n) is 7.40. The molecule has 0 aliphatic carbocycles. The summed E-state index contributed by atoms with van der Waals surface area (Å²) >= 11 is 0. The third-order valence-corrected chi connectivity index (χ3v) is 3.96. The highest BCUT2D eigenvalue weighted by Crippen LogP contribution is 2.25. The summed E-state index contributed by atoms with van der Waals surface area (Å²) in [4.78, 5) is 14.3. The number of nitrogens with one attached hydrogen (secondary N) is 1. The smallest absolute Gasteiger partial charge is 0.238 e. The number of methoxy groups -OCH3 is 1. The van der Waals surface area contributed by atoms with Crippen molar-refractivity contribution in [1.29, 1.82) is 0 Å². The maximum absolute atomic E-state index is 12.2. The second-order valence-electron chi connectivity index (χ2n) is 5.65. The van der Waals surface area contributed by atoms with Crippen molar-refractivity contribution in [2.45, 2.75) is 19.8 Å². The Morgan fingerprint density at radius 2 is 2.14 bits per heavy atom. The third-order valence-electron chi connectivity index (χ3n) is 3.96. The molecule has 5 heteroatoms. The SMILES string of the molecule is COc1ccc(C)cc1NC(=O)CN1CCC(CO)CC1. The lowest BCUT2D eigenvalue weighted by molar-refractivity contribution is -0.117. The number of benzene rings is 1. The van der Waals surface area contributed by atoms with Gasteiger partial charge in [0.05, 0.1) is 19.3 Å². The fraction of sp³-hybridized carbons (Fsp3) is 0.562. The molecule has 116 valence electrons. The number of ether oxygens (including phenoxy) is 1. The van der Waals surface area contributed by atoms with Crippen molar-refractivity contribution < 1.29 is 14.6 Å². The Balaban J connectivity index is 1.89. The minimum Gasteiger partial charge on any atom is -0.495 e. The van der Waals surface area contributed by atoms with Gasteiger partial charge in [0.1, 0.15) is 5.75 Å². The van der Waals surface area contributed by atoms with Gasteiger partial charge in [-0.15, -0.1) is 0 Å². The van der Waals surface area contributed by atoms with E-state index in [1.54, 1.807) is 7.11 Å². The van der Waals surface area contributed by atoms with Crippen LogP contribution in [0.3, 0.4) is 0 Å². The van der Waals surface area contributed by atoms with E-state index in [1.807, 2.05) is 25.1 Å². The molecule has 1 aromatic rings. The molecule has 0 spiro atoms. The van der Waals surface area contributed by atoms with E-state index in [2.05, 4.69) is 10.2 Å². The lowest BCUT2D eigenvalue weighted by atomic mass is 9.98. The lowest BCUT2D eigenvalue weighted by Crippen LogP contribution is -2.39. The molecule has 1 aliphatic rings. The van der Waals surface area contributed by atoms with Gasteiger partial charge in [-0.2, -0.15) is 0 Å². The topological polar surface area (TPSA) is 61.8 Å². The second-order valence-corrected chi connectivity index (χ2v) is 5.65. The first-order valence-corrected chi connectivity index (χ1v) is 7.40. The van der Waals surface area contributed by atoms with Crippen LogP contribution in [0.4, 0.5) is 5.69 Å². The number of hydrogen-bond acceptors (Lipinski definition) is 4. The summed E-state index contributed by atoms with van der Waals surface area (Å²) in [6.45, 7) is 4.34. The molecule has 1 amide bonds. The molecule has 0 atom stereocenters. The molecular formula is C16H24N2O3. The number of amides is 1. The Kier molecular flexibility index (Phi) is 5.59. The molecule has 0 unspecified atom stereocenters. The number of rotatable bonds is 5. The summed E-state index contributed by atoms with van der Waals surface area (Å²) in [7, 11) is 1.60. The number of piperidine rings is 1. The molecule has 1 aliphatic heterocycles. The van der Waals surface area contributed by atoms with E-state index in [1.165, 1.54) is 0 Å². The van der Waals surface area contributed by atoms with E-state index < -0.39 is 0 Å². The number of aliphatic hydroxyl groups is 1. The van der Waals surface area contributed by atoms with Gasteiger partial charge in [0.15, 0.2) is 0 Å². The Labute approximate surface area is 125 Å². The average Bonchev–Trinajstić information content (AvgIpc) is 2.48. The molecule has 21 heavy (non-hydrogen) atoms. The van der Waals surface area contributed by atoms with Gasteiger partial charge < -0.3 is 15.2 Å². The van der Waals surface area contributed by atoms with Crippen LogP contribution in [-0.2, 0) is 4.79 Å². The van der Waals surface area contributed by atoms with E-state index in [0.29, 0.717) is 23.9 Å². The summed E-state index contributed by atoms with van der Waals surface area (Å²) in [6.07, 6.45) is 1.91. The van der Waals surface area contributed by atoms with Crippen molar-refractivity contribution in [3.63, 3.8) is 0 Å². The molecule has 0 radical (unpaired) electrons. The minimum atomic E-state index is -0.0265. The van der Waals surface area contributed by atoms with E-state index in [9.17, 15) is 4.79 Å². The van der Waals surface area contributed by atoms with E-state index in [0.717, 1.165) is 31.5 Å². The van der Waals surface area contributed by atoms with Crippen LogP contribution in [-0.4, -0.2) is 49.3 Å². The van der Waals surface area contributed by atoms with Crippen LogP contribution in [0.15, 0.2) is 18.2 Å². The van der Waals surface area contributed by atoms with Gasteiger partial charge in [0.2, 0.25) is 5.91 Å². The Hall–Kier alpha value is -1.59. The largest absolute Gasteiger partial charge is 0.495 e. The average molecular weight is 292 g/mol. The fourth-order valence-electron chi connectivity index (χ4n) is 2.64.